The van der Waals surface area contributed by atoms with Gasteiger partial charge in [0, 0.05) is 17.6 Å². The molecule has 0 radical (unpaired) electrons. The molecule has 0 bridgehead atoms. The molecule has 1 aliphatic rings. The molecule has 1 atom stereocenters. The Bertz CT molecular complexity index is 644. The molecule has 1 saturated heterocycles. The molecule has 0 aliphatic carbocycles. The number of aromatic nitrogens is 2. The summed E-state index contributed by atoms with van der Waals surface area (Å²) in [6.07, 6.45) is 6.36. The topological polar surface area (TPSA) is 50.2 Å². The molecule has 6 heteroatoms. The van der Waals surface area contributed by atoms with Gasteiger partial charge in [0.2, 0.25) is 5.91 Å². The maximum Gasteiger partial charge on any atom is 0.237 e. The summed E-state index contributed by atoms with van der Waals surface area (Å²) >= 11 is 1.68. The lowest BCUT2D eigenvalue weighted by molar-refractivity contribution is -0.126. The smallest absolute Gasteiger partial charge is 0.237 e. The summed E-state index contributed by atoms with van der Waals surface area (Å²) in [4.78, 5) is 15.9. The average molecular weight is 347 g/mol. The molecular weight excluding hydrogens is 320 g/mol. The first-order valence-corrected chi connectivity index (χ1v) is 9.61. The maximum atomic E-state index is 12.4. The molecule has 0 saturated carbocycles. The number of carbonyl (C=O) groups excluding carboxylic acids is 1. The van der Waals surface area contributed by atoms with Crippen LogP contribution in [0.1, 0.15) is 43.0 Å². The Labute approximate surface area is 147 Å². The highest BCUT2D eigenvalue weighted by molar-refractivity contribution is 7.09. The summed E-state index contributed by atoms with van der Waals surface area (Å²) < 4.78 is 1.99. The van der Waals surface area contributed by atoms with Crippen LogP contribution < -0.4 is 5.32 Å². The number of rotatable bonds is 6. The first kappa shape index (κ1) is 17.2. The van der Waals surface area contributed by atoms with Crippen molar-refractivity contribution in [2.24, 2.45) is 0 Å². The highest BCUT2D eigenvalue weighted by Crippen LogP contribution is 2.28. The summed E-state index contributed by atoms with van der Waals surface area (Å²) in [6, 6.07) is 4.00. The van der Waals surface area contributed by atoms with Crippen LogP contribution in [0.4, 0.5) is 0 Å². The molecule has 1 N–H and O–H groups in total. The van der Waals surface area contributed by atoms with Gasteiger partial charge in [-0.05, 0) is 62.7 Å². The number of likely N-dealkylation sites (tertiary alicyclic amines) is 1. The molecule has 1 amide bonds. The number of piperidine rings is 1. The van der Waals surface area contributed by atoms with Crippen LogP contribution in [-0.2, 0) is 17.9 Å². The van der Waals surface area contributed by atoms with E-state index in [1.807, 2.05) is 29.2 Å². The van der Waals surface area contributed by atoms with Gasteiger partial charge in [-0.3, -0.25) is 14.4 Å². The second-order valence-corrected chi connectivity index (χ2v) is 7.44. The number of amides is 1. The van der Waals surface area contributed by atoms with E-state index >= 15 is 0 Å². The van der Waals surface area contributed by atoms with Crippen molar-refractivity contribution in [3.05, 3.63) is 40.3 Å². The molecule has 3 rings (SSSR count). The zero-order valence-electron chi connectivity index (χ0n) is 14.4. The standard InChI is InChI=1S/C18H26N4OS/c1-3-22-13-16(11-20-22)15-6-8-21(9-7-15)14(2)18(23)19-12-17-5-4-10-24-17/h4-5,10-11,13-15H,3,6-9,12H2,1-2H3,(H,19,23). The Morgan fingerprint density at radius 2 is 2.25 bits per heavy atom. The highest BCUT2D eigenvalue weighted by atomic mass is 32.1. The lowest BCUT2D eigenvalue weighted by Crippen LogP contribution is -2.47. The summed E-state index contributed by atoms with van der Waals surface area (Å²) in [7, 11) is 0. The van der Waals surface area contributed by atoms with Crippen molar-refractivity contribution in [1.29, 1.82) is 0 Å². The highest BCUT2D eigenvalue weighted by Gasteiger charge is 2.27. The van der Waals surface area contributed by atoms with E-state index in [1.165, 1.54) is 10.4 Å². The average Bonchev–Trinajstić information content (AvgIpc) is 3.30. The summed E-state index contributed by atoms with van der Waals surface area (Å²) in [5.74, 6) is 0.698. The van der Waals surface area contributed by atoms with E-state index in [9.17, 15) is 4.79 Å². The fourth-order valence-corrected chi connectivity index (χ4v) is 3.93. The van der Waals surface area contributed by atoms with Crippen LogP contribution in [0.5, 0.6) is 0 Å². The number of nitrogens with one attached hydrogen (secondary N) is 1. The van der Waals surface area contributed by atoms with Gasteiger partial charge in [-0.25, -0.2) is 0 Å². The third-order valence-corrected chi connectivity index (χ3v) is 5.80. The minimum Gasteiger partial charge on any atom is -0.350 e. The van der Waals surface area contributed by atoms with Gasteiger partial charge in [0.1, 0.15) is 0 Å². The fraction of sp³-hybridized carbons (Fsp3) is 0.556. The lowest BCUT2D eigenvalue weighted by Gasteiger charge is -2.35. The number of nitrogens with zero attached hydrogens (tertiary/aromatic N) is 3. The maximum absolute atomic E-state index is 12.4. The van der Waals surface area contributed by atoms with Crippen molar-refractivity contribution in [1.82, 2.24) is 20.0 Å². The van der Waals surface area contributed by atoms with Gasteiger partial charge in [-0.1, -0.05) is 6.07 Å². The predicted molar refractivity (Wildman–Crippen MR) is 97.1 cm³/mol. The second kappa shape index (κ2) is 7.94. The van der Waals surface area contributed by atoms with Gasteiger partial charge >= 0.3 is 0 Å². The monoisotopic (exact) mass is 346 g/mol. The third kappa shape index (κ3) is 4.05. The van der Waals surface area contributed by atoms with Crippen molar-refractivity contribution in [3.63, 3.8) is 0 Å². The van der Waals surface area contributed by atoms with E-state index in [4.69, 9.17) is 0 Å². The van der Waals surface area contributed by atoms with Crippen molar-refractivity contribution < 1.29 is 4.79 Å². The van der Waals surface area contributed by atoms with Crippen molar-refractivity contribution in [3.8, 4) is 0 Å². The first-order valence-electron chi connectivity index (χ1n) is 8.74. The lowest BCUT2D eigenvalue weighted by atomic mass is 9.91. The number of hydrogen-bond acceptors (Lipinski definition) is 4. The minimum atomic E-state index is -0.0655. The van der Waals surface area contributed by atoms with E-state index < -0.39 is 0 Å². The van der Waals surface area contributed by atoms with Crippen LogP contribution in [0.3, 0.4) is 0 Å². The molecular formula is C18H26N4OS. The Balaban J connectivity index is 1.47. The summed E-state index contributed by atoms with van der Waals surface area (Å²) in [5, 5.41) is 9.47. The van der Waals surface area contributed by atoms with Gasteiger partial charge in [0.25, 0.3) is 0 Å². The SMILES string of the molecule is CCn1cc(C2CCN(C(C)C(=O)NCc3cccs3)CC2)cn1. The number of aryl methyl sites for hydroxylation is 1. The molecule has 1 fully saturated rings. The van der Waals surface area contributed by atoms with Crippen LogP contribution in [0.25, 0.3) is 0 Å². The molecule has 24 heavy (non-hydrogen) atoms. The van der Waals surface area contributed by atoms with E-state index in [2.05, 4.69) is 34.5 Å². The number of thiophene rings is 1. The number of carbonyl (C=O) groups is 1. The Kier molecular flexibility index (Phi) is 5.68. The van der Waals surface area contributed by atoms with E-state index in [1.54, 1.807) is 11.3 Å². The molecule has 130 valence electrons. The van der Waals surface area contributed by atoms with Crippen molar-refractivity contribution in [2.75, 3.05) is 13.1 Å². The molecule has 1 aliphatic heterocycles. The molecule has 2 aromatic rings. The molecule has 5 nitrogen and oxygen atoms in total. The molecule has 1 unspecified atom stereocenters. The molecule has 0 spiro atoms. The zero-order chi connectivity index (χ0) is 16.9. The van der Waals surface area contributed by atoms with Crippen LogP contribution in [0.2, 0.25) is 0 Å². The molecule has 0 aromatic carbocycles. The van der Waals surface area contributed by atoms with Gasteiger partial charge in [-0.2, -0.15) is 5.10 Å². The van der Waals surface area contributed by atoms with Crippen molar-refractivity contribution >= 4 is 17.2 Å². The quantitative estimate of drug-likeness (QED) is 0.875. The fourth-order valence-electron chi connectivity index (χ4n) is 3.28. The molecule has 2 aromatic heterocycles. The Hall–Kier alpha value is -1.66. The van der Waals surface area contributed by atoms with E-state index in [-0.39, 0.29) is 11.9 Å². The predicted octanol–water partition coefficient (Wildman–Crippen LogP) is 2.85. The summed E-state index contributed by atoms with van der Waals surface area (Å²) in [6.45, 7) is 7.61. The second-order valence-electron chi connectivity index (χ2n) is 6.41. The van der Waals surface area contributed by atoms with E-state index in [0.29, 0.717) is 12.5 Å². The number of hydrogen-bond donors (Lipinski definition) is 1. The largest absolute Gasteiger partial charge is 0.350 e. The zero-order valence-corrected chi connectivity index (χ0v) is 15.3. The Morgan fingerprint density at radius 3 is 2.88 bits per heavy atom. The summed E-state index contributed by atoms with van der Waals surface area (Å²) in [5.41, 5.74) is 1.34. The van der Waals surface area contributed by atoms with Crippen LogP contribution >= 0.6 is 11.3 Å². The Morgan fingerprint density at radius 1 is 1.46 bits per heavy atom. The van der Waals surface area contributed by atoms with Gasteiger partial charge in [-0.15, -0.1) is 11.3 Å². The first-order chi connectivity index (χ1) is 11.7. The minimum absolute atomic E-state index is 0.0655. The van der Waals surface area contributed by atoms with Gasteiger partial charge in [0.15, 0.2) is 0 Å². The van der Waals surface area contributed by atoms with Crippen LogP contribution in [-0.4, -0.2) is 39.7 Å². The van der Waals surface area contributed by atoms with Crippen LogP contribution in [0.15, 0.2) is 29.9 Å². The van der Waals surface area contributed by atoms with E-state index in [0.717, 1.165) is 32.5 Å². The van der Waals surface area contributed by atoms with Gasteiger partial charge < -0.3 is 5.32 Å². The van der Waals surface area contributed by atoms with Gasteiger partial charge in [0.05, 0.1) is 18.8 Å². The third-order valence-electron chi connectivity index (χ3n) is 4.92. The normalized spacial score (nSPS) is 17.8. The molecule has 3 heterocycles. The van der Waals surface area contributed by atoms with Crippen molar-refractivity contribution in [2.45, 2.75) is 51.7 Å². The van der Waals surface area contributed by atoms with Crippen LogP contribution in [0, 0.1) is 0 Å².